The molecule has 0 saturated heterocycles. The Hall–Kier alpha value is -1.79. The third kappa shape index (κ3) is 2.56. The molecule has 0 aliphatic heterocycles. The average molecular weight is 279 g/mol. The van der Waals surface area contributed by atoms with E-state index in [4.69, 9.17) is 5.26 Å². The fraction of sp³-hybridized carbons (Fsp3) is 0.500. The molecule has 0 amide bonds. The van der Waals surface area contributed by atoms with Gasteiger partial charge in [-0.2, -0.15) is 5.26 Å². The van der Waals surface area contributed by atoms with Crippen LogP contribution in [0.2, 0.25) is 0 Å². The smallest absolute Gasteiger partial charge is 0.0628 e. The first-order valence-corrected chi connectivity index (χ1v) is 7.97. The number of hydrogen-bond donors (Lipinski definition) is 1. The third-order valence-corrected chi connectivity index (χ3v) is 4.98. The lowest BCUT2D eigenvalue weighted by Crippen LogP contribution is -2.15. The van der Waals surface area contributed by atoms with Gasteiger partial charge in [0.25, 0.3) is 0 Å². The standard InChI is InChI=1S/C18H21N3/c19-10-9-18(7-8-18)13-21-11-6-16-14(2-1-3-17(16)21)12-20-15-4-5-15/h1-3,6,11,15,20H,4-5,7-9,12-13H2. The molecule has 0 unspecified atom stereocenters. The number of rotatable bonds is 6. The summed E-state index contributed by atoms with van der Waals surface area (Å²) < 4.78 is 2.35. The monoisotopic (exact) mass is 279 g/mol. The van der Waals surface area contributed by atoms with Gasteiger partial charge >= 0.3 is 0 Å². The Labute approximate surface area is 125 Å². The molecular weight excluding hydrogens is 258 g/mol. The first-order chi connectivity index (χ1) is 10.3. The lowest BCUT2D eigenvalue weighted by molar-refractivity contribution is 0.440. The molecule has 0 radical (unpaired) electrons. The van der Waals surface area contributed by atoms with Crippen LogP contribution in [-0.4, -0.2) is 10.6 Å². The number of nitriles is 1. The van der Waals surface area contributed by atoms with Crippen LogP contribution < -0.4 is 5.32 Å². The van der Waals surface area contributed by atoms with Crippen LogP contribution in [0.15, 0.2) is 30.5 Å². The molecule has 3 nitrogen and oxygen atoms in total. The fourth-order valence-electron chi connectivity index (χ4n) is 3.22. The SMILES string of the molecule is N#CCC1(Cn2ccc3c(CNC4CC4)cccc32)CC1. The molecule has 4 rings (SSSR count). The molecule has 1 aromatic carbocycles. The van der Waals surface area contributed by atoms with E-state index in [0.29, 0.717) is 6.42 Å². The van der Waals surface area contributed by atoms with Gasteiger partial charge in [0.15, 0.2) is 0 Å². The van der Waals surface area contributed by atoms with Crippen molar-refractivity contribution in [1.82, 2.24) is 9.88 Å². The van der Waals surface area contributed by atoms with E-state index in [-0.39, 0.29) is 5.41 Å². The molecule has 0 atom stereocenters. The van der Waals surface area contributed by atoms with Crippen LogP contribution in [-0.2, 0) is 13.1 Å². The molecule has 2 fully saturated rings. The van der Waals surface area contributed by atoms with E-state index in [1.54, 1.807) is 0 Å². The lowest BCUT2D eigenvalue weighted by Gasteiger charge is -2.14. The van der Waals surface area contributed by atoms with Crippen molar-refractivity contribution in [2.24, 2.45) is 5.41 Å². The van der Waals surface area contributed by atoms with Crippen LogP contribution in [0, 0.1) is 16.7 Å². The average Bonchev–Trinajstić information content (AvgIpc) is 3.39. The molecule has 1 N–H and O–H groups in total. The van der Waals surface area contributed by atoms with Crippen LogP contribution in [0.1, 0.15) is 37.7 Å². The Balaban J connectivity index is 1.59. The molecule has 2 aliphatic carbocycles. The molecule has 2 aromatic rings. The topological polar surface area (TPSA) is 40.8 Å². The zero-order valence-corrected chi connectivity index (χ0v) is 12.3. The second kappa shape index (κ2) is 4.89. The summed E-state index contributed by atoms with van der Waals surface area (Å²) in [6, 6.07) is 11.9. The molecule has 1 heterocycles. The molecule has 0 bridgehead atoms. The summed E-state index contributed by atoms with van der Waals surface area (Å²) in [7, 11) is 0. The highest BCUT2D eigenvalue weighted by Crippen LogP contribution is 2.50. The number of aromatic nitrogens is 1. The van der Waals surface area contributed by atoms with Gasteiger partial charge in [-0.05, 0) is 43.4 Å². The largest absolute Gasteiger partial charge is 0.347 e. The van der Waals surface area contributed by atoms with Gasteiger partial charge in [0.1, 0.15) is 0 Å². The second-order valence-electron chi connectivity index (χ2n) is 6.78. The Morgan fingerprint density at radius 3 is 2.86 bits per heavy atom. The molecule has 2 saturated carbocycles. The van der Waals surface area contributed by atoms with Crippen LogP contribution in [0.5, 0.6) is 0 Å². The van der Waals surface area contributed by atoms with E-state index in [9.17, 15) is 0 Å². The summed E-state index contributed by atoms with van der Waals surface area (Å²) in [6.45, 7) is 1.96. The minimum absolute atomic E-state index is 0.253. The van der Waals surface area contributed by atoms with Crippen molar-refractivity contribution in [2.75, 3.05) is 0 Å². The molecule has 108 valence electrons. The Morgan fingerprint density at radius 2 is 2.14 bits per heavy atom. The fourth-order valence-corrected chi connectivity index (χ4v) is 3.22. The predicted octanol–water partition coefficient (Wildman–Crippen LogP) is 3.59. The van der Waals surface area contributed by atoms with Gasteiger partial charge in [-0.1, -0.05) is 12.1 Å². The maximum absolute atomic E-state index is 8.99. The number of nitrogens with one attached hydrogen (secondary N) is 1. The van der Waals surface area contributed by atoms with E-state index in [0.717, 1.165) is 19.1 Å². The molecule has 2 aliphatic rings. The van der Waals surface area contributed by atoms with Crippen molar-refractivity contribution in [3.05, 3.63) is 36.0 Å². The van der Waals surface area contributed by atoms with Crippen LogP contribution in [0.3, 0.4) is 0 Å². The van der Waals surface area contributed by atoms with E-state index >= 15 is 0 Å². The van der Waals surface area contributed by atoms with Crippen molar-refractivity contribution in [2.45, 2.75) is 51.2 Å². The van der Waals surface area contributed by atoms with Crippen molar-refractivity contribution in [3.63, 3.8) is 0 Å². The highest BCUT2D eigenvalue weighted by atomic mass is 15.0. The Morgan fingerprint density at radius 1 is 1.29 bits per heavy atom. The first kappa shape index (κ1) is 12.9. The van der Waals surface area contributed by atoms with Crippen molar-refractivity contribution in [3.8, 4) is 6.07 Å². The van der Waals surface area contributed by atoms with E-state index in [1.165, 1.54) is 42.1 Å². The van der Waals surface area contributed by atoms with Gasteiger partial charge < -0.3 is 9.88 Å². The third-order valence-electron chi connectivity index (χ3n) is 4.98. The van der Waals surface area contributed by atoms with Crippen molar-refractivity contribution < 1.29 is 0 Å². The summed E-state index contributed by atoms with van der Waals surface area (Å²) in [5, 5.41) is 14.0. The zero-order chi connectivity index (χ0) is 14.3. The lowest BCUT2D eigenvalue weighted by atomic mass is 10.0. The summed E-state index contributed by atoms with van der Waals surface area (Å²) in [6.07, 6.45) is 7.94. The quantitative estimate of drug-likeness (QED) is 0.878. The van der Waals surface area contributed by atoms with Crippen LogP contribution >= 0.6 is 0 Å². The zero-order valence-electron chi connectivity index (χ0n) is 12.3. The minimum Gasteiger partial charge on any atom is -0.347 e. The Kier molecular flexibility index (Phi) is 3.01. The highest BCUT2D eigenvalue weighted by molar-refractivity contribution is 5.83. The number of benzene rings is 1. The summed E-state index contributed by atoms with van der Waals surface area (Å²) in [5.74, 6) is 0. The summed E-state index contributed by atoms with van der Waals surface area (Å²) in [5.41, 5.74) is 2.96. The predicted molar refractivity (Wildman–Crippen MR) is 83.7 cm³/mol. The van der Waals surface area contributed by atoms with Gasteiger partial charge in [0.05, 0.1) is 6.07 Å². The van der Waals surface area contributed by atoms with Gasteiger partial charge in [0, 0.05) is 48.1 Å². The maximum Gasteiger partial charge on any atom is 0.0628 e. The van der Waals surface area contributed by atoms with Gasteiger partial charge in [-0.3, -0.25) is 0 Å². The van der Waals surface area contributed by atoms with Gasteiger partial charge in [-0.15, -0.1) is 0 Å². The van der Waals surface area contributed by atoms with Gasteiger partial charge in [0.2, 0.25) is 0 Å². The van der Waals surface area contributed by atoms with Gasteiger partial charge in [-0.25, -0.2) is 0 Å². The van der Waals surface area contributed by atoms with Crippen LogP contribution in [0.4, 0.5) is 0 Å². The summed E-state index contributed by atoms with van der Waals surface area (Å²) in [4.78, 5) is 0. The maximum atomic E-state index is 8.99. The minimum atomic E-state index is 0.253. The number of nitrogens with zero attached hydrogens (tertiary/aromatic N) is 2. The molecule has 1 aromatic heterocycles. The molecular formula is C18H21N3. The van der Waals surface area contributed by atoms with Crippen molar-refractivity contribution >= 4 is 10.9 Å². The van der Waals surface area contributed by atoms with E-state index in [1.807, 2.05) is 0 Å². The van der Waals surface area contributed by atoms with E-state index < -0.39 is 0 Å². The van der Waals surface area contributed by atoms with Crippen molar-refractivity contribution in [1.29, 1.82) is 5.26 Å². The molecule has 21 heavy (non-hydrogen) atoms. The molecule has 0 spiro atoms. The first-order valence-electron chi connectivity index (χ1n) is 7.97. The highest BCUT2D eigenvalue weighted by Gasteiger charge is 2.42. The van der Waals surface area contributed by atoms with Crippen LogP contribution in [0.25, 0.3) is 10.9 Å². The second-order valence-corrected chi connectivity index (χ2v) is 6.78. The Bertz CT molecular complexity index is 699. The van der Waals surface area contributed by atoms with E-state index in [2.05, 4.69) is 46.4 Å². The molecule has 3 heteroatoms. The summed E-state index contributed by atoms with van der Waals surface area (Å²) >= 11 is 0. The number of hydrogen-bond acceptors (Lipinski definition) is 2. The number of fused-ring (bicyclic) bond motifs is 1. The normalized spacial score (nSPS) is 19.6.